The third-order valence-corrected chi connectivity index (χ3v) is 7.59. The standard InChI is InChI=1S/C21H26NOP/c1-17(2)18-13-15-19(16-14-18)22-24(23,20-9-5-3-6-10-20)21-11-7-4-8-12-21/h3-13,15,17-19H,14,16H2,1-2H3,(H,22,23). The molecule has 2 nitrogen and oxygen atoms in total. The number of benzene rings is 2. The van der Waals surface area contributed by atoms with Crippen LogP contribution in [-0.4, -0.2) is 6.04 Å². The van der Waals surface area contributed by atoms with Crippen molar-refractivity contribution >= 4 is 17.9 Å². The Hall–Kier alpha value is -1.63. The van der Waals surface area contributed by atoms with Crippen molar-refractivity contribution in [3.8, 4) is 0 Å². The van der Waals surface area contributed by atoms with Crippen LogP contribution >= 0.6 is 7.29 Å². The molecule has 0 saturated heterocycles. The molecule has 2 aromatic carbocycles. The van der Waals surface area contributed by atoms with Crippen LogP contribution in [0.25, 0.3) is 0 Å². The monoisotopic (exact) mass is 339 g/mol. The van der Waals surface area contributed by atoms with E-state index in [0.717, 1.165) is 23.5 Å². The highest BCUT2D eigenvalue weighted by molar-refractivity contribution is 7.76. The zero-order valence-electron chi connectivity index (χ0n) is 14.4. The zero-order valence-corrected chi connectivity index (χ0v) is 15.3. The fourth-order valence-corrected chi connectivity index (χ4v) is 5.77. The van der Waals surface area contributed by atoms with Crippen molar-refractivity contribution < 1.29 is 4.57 Å². The Bertz CT molecular complexity index is 681. The molecule has 0 heterocycles. The second kappa shape index (κ2) is 7.51. The van der Waals surface area contributed by atoms with Crippen LogP contribution in [0.4, 0.5) is 0 Å². The number of allylic oxidation sites excluding steroid dienone is 1. The summed E-state index contributed by atoms with van der Waals surface area (Å²) in [5, 5.41) is 5.23. The lowest BCUT2D eigenvalue weighted by Crippen LogP contribution is -2.35. The second-order valence-corrected chi connectivity index (χ2v) is 9.40. The molecule has 0 aromatic heterocycles. The highest BCUT2D eigenvalue weighted by Gasteiger charge is 2.30. The van der Waals surface area contributed by atoms with Gasteiger partial charge in [0.15, 0.2) is 0 Å². The van der Waals surface area contributed by atoms with Crippen LogP contribution in [0.2, 0.25) is 0 Å². The van der Waals surface area contributed by atoms with Gasteiger partial charge in [0.1, 0.15) is 0 Å². The van der Waals surface area contributed by atoms with Crippen LogP contribution in [0.1, 0.15) is 26.7 Å². The van der Waals surface area contributed by atoms with E-state index in [9.17, 15) is 4.57 Å². The van der Waals surface area contributed by atoms with Gasteiger partial charge in [0, 0.05) is 16.7 Å². The zero-order chi connectivity index (χ0) is 17.0. The molecular weight excluding hydrogens is 313 g/mol. The fraction of sp³-hybridized carbons (Fsp3) is 0.333. The average Bonchev–Trinajstić information content (AvgIpc) is 2.63. The second-order valence-electron chi connectivity index (χ2n) is 6.89. The predicted octanol–water partition coefficient (Wildman–Crippen LogP) is 4.50. The van der Waals surface area contributed by atoms with Gasteiger partial charge < -0.3 is 0 Å². The van der Waals surface area contributed by atoms with Crippen molar-refractivity contribution in [3.05, 3.63) is 72.8 Å². The summed E-state index contributed by atoms with van der Waals surface area (Å²) in [7, 11) is -2.84. The Morgan fingerprint density at radius 2 is 1.42 bits per heavy atom. The lowest BCUT2D eigenvalue weighted by Gasteiger charge is -2.30. The third-order valence-electron chi connectivity index (χ3n) is 4.85. The van der Waals surface area contributed by atoms with E-state index < -0.39 is 7.29 Å². The first-order chi connectivity index (χ1) is 11.6. The fourth-order valence-electron chi connectivity index (χ4n) is 3.31. The number of hydrogen-bond donors (Lipinski definition) is 1. The number of nitrogens with one attached hydrogen (secondary N) is 1. The topological polar surface area (TPSA) is 29.1 Å². The lowest BCUT2D eigenvalue weighted by atomic mass is 9.85. The van der Waals surface area contributed by atoms with E-state index in [-0.39, 0.29) is 6.04 Å². The summed E-state index contributed by atoms with van der Waals surface area (Å²) >= 11 is 0. The van der Waals surface area contributed by atoms with Crippen LogP contribution in [0.3, 0.4) is 0 Å². The van der Waals surface area contributed by atoms with Gasteiger partial charge in [-0.3, -0.25) is 9.65 Å². The maximum absolute atomic E-state index is 14.0. The van der Waals surface area contributed by atoms with Crippen LogP contribution in [-0.2, 0) is 4.57 Å². The van der Waals surface area contributed by atoms with Crippen molar-refractivity contribution in [2.75, 3.05) is 0 Å². The third kappa shape index (κ3) is 3.71. The number of hydrogen-bond acceptors (Lipinski definition) is 1. The van der Waals surface area contributed by atoms with Crippen molar-refractivity contribution in [2.45, 2.75) is 32.7 Å². The summed E-state index contributed by atoms with van der Waals surface area (Å²) in [6, 6.07) is 19.8. The largest absolute Gasteiger partial charge is 0.297 e. The molecule has 1 aliphatic carbocycles. The summed E-state index contributed by atoms with van der Waals surface area (Å²) in [6.07, 6.45) is 6.69. The van der Waals surface area contributed by atoms with Crippen LogP contribution in [0.5, 0.6) is 0 Å². The van der Waals surface area contributed by atoms with E-state index in [1.807, 2.05) is 60.7 Å². The average molecular weight is 339 g/mol. The molecule has 0 saturated carbocycles. The van der Waals surface area contributed by atoms with E-state index in [1.54, 1.807) is 0 Å². The summed E-state index contributed by atoms with van der Waals surface area (Å²) < 4.78 is 14.0. The van der Waals surface area contributed by atoms with E-state index in [1.165, 1.54) is 0 Å². The first-order valence-electron chi connectivity index (χ1n) is 8.77. The SMILES string of the molecule is CC(C)C1C=CC(NP(=O)(c2ccccc2)c2ccccc2)CC1. The van der Waals surface area contributed by atoms with E-state index in [2.05, 4.69) is 31.1 Å². The van der Waals surface area contributed by atoms with Gasteiger partial charge in [-0.2, -0.15) is 0 Å². The van der Waals surface area contributed by atoms with Gasteiger partial charge in [-0.15, -0.1) is 0 Å². The minimum absolute atomic E-state index is 0.159. The van der Waals surface area contributed by atoms with E-state index in [0.29, 0.717) is 11.8 Å². The van der Waals surface area contributed by atoms with Gasteiger partial charge in [0.2, 0.25) is 7.29 Å². The minimum atomic E-state index is -2.84. The van der Waals surface area contributed by atoms with Crippen LogP contribution in [0, 0.1) is 11.8 Å². The summed E-state index contributed by atoms with van der Waals surface area (Å²) in [5.41, 5.74) is 0. The van der Waals surface area contributed by atoms with Crippen molar-refractivity contribution in [2.24, 2.45) is 11.8 Å². The van der Waals surface area contributed by atoms with Gasteiger partial charge >= 0.3 is 0 Å². The number of rotatable bonds is 5. The molecule has 3 rings (SSSR count). The molecule has 2 unspecified atom stereocenters. The maximum Gasteiger partial charge on any atom is 0.205 e. The quantitative estimate of drug-likeness (QED) is 0.642. The molecule has 0 radical (unpaired) electrons. The van der Waals surface area contributed by atoms with Gasteiger partial charge in [-0.05, 0) is 48.9 Å². The molecular formula is C21H26NOP. The Morgan fingerprint density at radius 3 is 1.83 bits per heavy atom. The molecule has 1 N–H and O–H groups in total. The summed E-state index contributed by atoms with van der Waals surface area (Å²) in [4.78, 5) is 0. The highest BCUT2D eigenvalue weighted by atomic mass is 31.2. The Labute approximate surface area is 145 Å². The lowest BCUT2D eigenvalue weighted by molar-refractivity contribution is 0.393. The van der Waals surface area contributed by atoms with Crippen LogP contribution in [0.15, 0.2) is 72.8 Å². The summed E-state index contributed by atoms with van der Waals surface area (Å²) in [6.45, 7) is 4.53. The molecule has 24 heavy (non-hydrogen) atoms. The molecule has 3 heteroatoms. The smallest absolute Gasteiger partial charge is 0.205 e. The molecule has 126 valence electrons. The van der Waals surface area contributed by atoms with Crippen molar-refractivity contribution in [1.82, 2.24) is 5.09 Å². The van der Waals surface area contributed by atoms with Gasteiger partial charge in [0.05, 0.1) is 0 Å². The molecule has 2 atom stereocenters. The molecule has 1 aliphatic rings. The Morgan fingerprint density at radius 1 is 0.875 bits per heavy atom. The van der Waals surface area contributed by atoms with E-state index in [4.69, 9.17) is 0 Å². The molecule has 0 bridgehead atoms. The molecule has 0 fully saturated rings. The van der Waals surface area contributed by atoms with Gasteiger partial charge in [-0.25, -0.2) is 0 Å². The molecule has 0 amide bonds. The van der Waals surface area contributed by atoms with E-state index >= 15 is 0 Å². The van der Waals surface area contributed by atoms with Gasteiger partial charge in [-0.1, -0.05) is 62.4 Å². The highest BCUT2D eigenvalue weighted by Crippen LogP contribution is 2.40. The first-order valence-corrected chi connectivity index (χ1v) is 10.5. The Kier molecular flexibility index (Phi) is 5.38. The first kappa shape index (κ1) is 17.2. The molecule has 2 aromatic rings. The molecule has 0 aliphatic heterocycles. The summed E-state index contributed by atoms with van der Waals surface area (Å²) in [5.74, 6) is 1.30. The Balaban J connectivity index is 1.90. The maximum atomic E-state index is 14.0. The molecule has 0 spiro atoms. The van der Waals surface area contributed by atoms with Gasteiger partial charge in [0.25, 0.3) is 0 Å². The van der Waals surface area contributed by atoms with Crippen molar-refractivity contribution in [1.29, 1.82) is 0 Å². The minimum Gasteiger partial charge on any atom is -0.297 e. The van der Waals surface area contributed by atoms with Crippen molar-refractivity contribution in [3.63, 3.8) is 0 Å². The predicted molar refractivity (Wildman–Crippen MR) is 103 cm³/mol. The van der Waals surface area contributed by atoms with Crippen LogP contribution < -0.4 is 15.7 Å². The normalized spacial score (nSPS) is 21.1.